The Morgan fingerprint density at radius 2 is 2.32 bits per heavy atom. The summed E-state index contributed by atoms with van der Waals surface area (Å²) in [5, 5.41) is 16.3. The zero-order chi connectivity index (χ0) is 16.2. The highest BCUT2D eigenvalue weighted by Gasteiger charge is 2.27. The maximum absolute atomic E-state index is 13.1. The molecule has 22 heavy (non-hydrogen) atoms. The third kappa shape index (κ3) is 5.03. The molecule has 2 heterocycles. The fraction of sp³-hybridized carbons (Fsp3) is 0.625. The van der Waals surface area contributed by atoms with Crippen LogP contribution >= 0.6 is 0 Å². The summed E-state index contributed by atoms with van der Waals surface area (Å²) in [5.41, 5.74) is 0.254. The van der Waals surface area contributed by atoms with Crippen molar-refractivity contribution >= 4 is 5.91 Å². The first kappa shape index (κ1) is 16.8. The minimum Gasteiger partial charge on any atom is -0.387 e. The molecule has 0 spiro atoms. The highest BCUT2D eigenvalue weighted by Crippen LogP contribution is 2.24. The van der Waals surface area contributed by atoms with Gasteiger partial charge >= 0.3 is 0 Å². The maximum atomic E-state index is 13.1. The summed E-state index contributed by atoms with van der Waals surface area (Å²) in [7, 11) is 0. The van der Waals surface area contributed by atoms with Crippen molar-refractivity contribution in [2.45, 2.75) is 44.8 Å². The quantitative estimate of drug-likeness (QED) is 0.745. The lowest BCUT2D eigenvalue weighted by Gasteiger charge is -2.33. The molecule has 3 N–H and O–H groups in total. The molecule has 1 aliphatic rings. The number of amides is 1. The minimum absolute atomic E-state index is 0.109. The number of piperidine rings is 1. The van der Waals surface area contributed by atoms with Crippen LogP contribution in [0.1, 0.15) is 44.8 Å². The van der Waals surface area contributed by atoms with Gasteiger partial charge in [0.05, 0.1) is 12.3 Å². The van der Waals surface area contributed by atoms with E-state index in [4.69, 9.17) is 0 Å². The van der Waals surface area contributed by atoms with Crippen LogP contribution < -0.4 is 10.6 Å². The number of carbonyl (C=O) groups excluding carboxylic acids is 1. The summed E-state index contributed by atoms with van der Waals surface area (Å²) < 4.78 is 13.1. The number of rotatable bonds is 6. The number of hydrogen-bond acceptors (Lipinski definition) is 4. The SMILES string of the molecule is CC(C)(C[C@@H]1CCNC(=O)C1)NC[C@H](O)c1cncc(F)c1. The van der Waals surface area contributed by atoms with Gasteiger partial charge in [-0.1, -0.05) is 0 Å². The average molecular weight is 309 g/mol. The lowest BCUT2D eigenvalue weighted by atomic mass is 9.84. The second-order valence-electron chi connectivity index (χ2n) is 6.63. The Morgan fingerprint density at radius 3 is 3.00 bits per heavy atom. The Hall–Kier alpha value is -1.53. The highest BCUT2D eigenvalue weighted by molar-refractivity contribution is 5.76. The number of aromatic nitrogens is 1. The standard InChI is InChI=1S/C16H24FN3O2/c1-16(2,7-11-3-4-19-15(22)5-11)20-10-14(21)12-6-13(17)9-18-8-12/h6,8-9,11,14,20-21H,3-5,7,10H2,1-2H3,(H,19,22)/t11-,14+/m1/s1. The molecule has 2 rings (SSSR count). The van der Waals surface area contributed by atoms with E-state index in [0.717, 1.165) is 25.6 Å². The van der Waals surface area contributed by atoms with Crippen LogP contribution in [-0.4, -0.2) is 34.6 Å². The largest absolute Gasteiger partial charge is 0.387 e. The first-order valence-corrected chi connectivity index (χ1v) is 7.66. The highest BCUT2D eigenvalue weighted by atomic mass is 19.1. The fourth-order valence-electron chi connectivity index (χ4n) is 2.92. The van der Waals surface area contributed by atoms with E-state index in [0.29, 0.717) is 24.4 Å². The van der Waals surface area contributed by atoms with Gasteiger partial charge in [0.15, 0.2) is 0 Å². The van der Waals surface area contributed by atoms with Gasteiger partial charge in [-0.3, -0.25) is 9.78 Å². The van der Waals surface area contributed by atoms with Crippen molar-refractivity contribution < 1.29 is 14.3 Å². The molecule has 122 valence electrons. The van der Waals surface area contributed by atoms with Crippen molar-refractivity contribution in [2.75, 3.05) is 13.1 Å². The summed E-state index contributed by atoms with van der Waals surface area (Å²) >= 11 is 0. The normalized spacial score (nSPS) is 20.5. The molecular formula is C16H24FN3O2. The predicted molar refractivity (Wildman–Crippen MR) is 81.6 cm³/mol. The van der Waals surface area contributed by atoms with Crippen LogP contribution in [0.2, 0.25) is 0 Å². The molecule has 1 fully saturated rings. The molecule has 0 saturated carbocycles. The zero-order valence-corrected chi connectivity index (χ0v) is 13.1. The van der Waals surface area contributed by atoms with Crippen LogP contribution in [-0.2, 0) is 4.79 Å². The van der Waals surface area contributed by atoms with E-state index in [1.54, 1.807) is 0 Å². The van der Waals surface area contributed by atoms with Gasteiger partial charge in [-0.2, -0.15) is 0 Å². The van der Waals surface area contributed by atoms with E-state index in [1.807, 2.05) is 0 Å². The van der Waals surface area contributed by atoms with Crippen LogP contribution in [0, 0.1) is 11.7 Å². The minimum atomic E-state index is -0.808. The summed E-state index contributed by atoms with van der Waals surface area (Å²) in [5.74, 6) is 0.00572. The monoisotopic (exact) mass is 309 g/mol. The summed E-state index contributed by atoms with van der Waals surface area (Å²) in [6, 6.07) is 1.29. The van der Waals surface area contributed by atoms with Gasteiger partial charge in [-0.05, 0) is 38.7 Å². The lowest BCUT2D eigenvalue weighted by Crippen LogP contribution is -2.45. The molecule has 0 aliphatic carbocycles. The molecule has 1 aromatic rings. The Balaban J connectivity index is 1.84. The topological polar surface area (TPSA) is 74.2 Å². The van der Waals surface area contributed by atoms with Crippen molar-refractivity contribution in [1.82, 2.24) is 15.6 Å². The van der Waals surface area contributed by atoms with Crippen molar-refractivity contribution in [3.63, 3.8) is 0 Å². The first-order valence-electron chi connectivity index (χ1n) is 7.66. The third-order valence-electron chi connectivity index (χ3n) is 4.03. The Morgan fingerprint density at radius 1 is 1.55 bits per heavy atom. The third-order valence-corrected chi connectivity index (χ3v) is 4.03. The molecule has 0 bridgehead atoms. The Kier molecular flexibility index (Phi) is 5.47. The van der Waals surface area contributed by atoms with Crippen LogP contribution in [0.5, 0.6) is 0 Å². The molecule has 0 unspecified atom stereocenters. The van der Waals surface area contributed by atoms with Gasteiger partial charge in [0.25, 0.3) is 0 Å². The molecule has 1 aromatic heterocycles. The fourth-order valence-corrected chi connectivity index (χ4v) is 2.92. The summed E-state index contributed by atoms with van der Waals surface area (Å²) in [6.07, 6.45) is 4.16. The average Bonchev–Trinajstić information content (AvgIpc) is 2.44. The smallest absolute Gasteiger partial charge is 0.220 e. The number of nitrogens with zero attached hydrogens (tertiary/aromatic N) is 1. The Labute approximate surface area is 130 Å². The predicted octanol–water partition coefficient (Wildman–Crippen LogP) is 1.54. The molecular weight excluding hydrogens is 285 g/mol. The van der Waals surface area contributed by atoms with Crippen molar-refractivity contribution in [3.05, 3.63) is 29.8 Å². The maximum Gasteiger partial charge on any atom is 0.220 e. The van der Waals surface area contributed by atoms with Crippen LogP contribution in [0.25, 0.3) is 0 Å². The molecule has 1 saturated heterocycles. The number of carbonyl (C=O) groups is 1. The number of aliphatic hydroxyl groups excluding tert-OH is 1. The number of halogens is 1. The van der Waals surface area contributed by atoms with E-state index in [1.165, 1.54) is 12.3 Å². The second kappa shape index (κ2) is 7.15. The van der Waals surface area contributed by atoms with Crippen LogP contribution in [0.4, 0.5) is 4.39 Å². The lowest BCUT2D eigenvalue weighted by molar-refractivity contribution is -0.123. The number of nitrogens with one attached hydrogen (secondary N) is 2. The molecule has 2 atom stereocenters. The molecule has 1 aliphatic heterocycles. The van der Waals surface area contributed by atoms with Crippen LogP contribution in [0.3, 0.4) is 0 Å². The second-order valence-corrected chi connectivity index (χ2v) is 6.63. The van der Waals surface area contributed by atoms with Crippen molar-refractivity contribution in [1.29, 1.82) is 0 Å². The van der Waals surface area contributed by atoms with E-state index in [-0.39, 0.29) is 11.4 Å². The van der Waals surface area contributed by atoms with Gasteiger partial charge in [0, 0.05) is 36.8 Å². The van der Waals surface area contributed by atoms with E-state index < -0.39 is 11.9 Å². The van der Waals surface area contributed by atoms with Gasteiger partial charge in [0.1, 0.15) is 5.82 Å². The number of β-amino-alcohol motifs (C(OH)–C–C–N with tert-alkyl or cyclic N) is 1. The molecule has 5 nitrogen and oxygen atoms in total. The molecule has 0 radical (unpaired) electrons. The van der Waals surface area contributed by atoms with Crippen LogP contribution in [0.15, 0.2) is 18.5 Å². The summed E-state index contributed by atoms with van der Waals surface area (Å²) in [6.45, 7) is 5.15. The number of hydrogen-bond donors (Lipinski definition) is 3. The van der Waals surface area contributed by atoms with E-state index in [2.05, 4.69) is 29.5 Å². The van der Waals surface area contributed by atoms with Gasteiger partial charge < -0.3 is 15.7 Å². The van der Waals surface area contributed by atoms with Gasteiger partial charge in [0.2, 0.25) is 5.91 Å². The molecule has 1 amide bonds. The van der Waals surface area contributed by atoms with E-state index >= 15 is 0 Å². The zero-order valence-electron chi connectivity index (χ0n) is 13.1. The molecule has 6 heteroatoms. The van der Waals surface area contributed by atoms with E-state index in [9.17, 15) is 14.3 Å². The number of pyridine rings is 1. The van der Waals surface area contributed by atoms with Gasteiger partial charge in [-0.25, -0.2) is 4.39 Å². The summed E-state index contributed by atoms with van der Waals surface area (Å²) in [4.78, 5) is 15.2. The van der Waals surface area contributed by atoms with Gasteiger partial charge in [-0.15, -0.1) is 0 Å². The van der Waals surface area contributed by atoms with Crippen molar-refractivity contribution in [3.8, 4) is 0 Å². The van der Waals surface area contributed by atoms with Crippen molar-refractivity contribution in [2.24, 2.45) is 5.92 Å². The molecule has 0 aromatic carbocycles. The number of aliphatic hydroxyl groups is 1. The Bertz CT molecular complexity index is 522. The first-order chi connectivity index (χ1) is 10.4.